The van der Waals surface area contributed by atoms with Crippen molar-refractivity contribution >= 4 is 29.3 Å². The van der Waals surface area contributed by atoms with Crippen LogP contribution in [0.3, 0.4) is 0 Å². The largest absolute Gasteiger partial charge is 0.493 e. The van der Waals surface area contributed by atoms with Crippen LogP contribution in [0.15, 0.2) is 42.5 Å². The zero-order valence-electron chi connectivity index (χ0n) is 16.3. The monoisotopic (exact) mass is 380 g/mol. The third-order valence-corrected chi connectivity index (χ3v) is 4.54. The van der Waals surface area contributed by atoms with E-state index in [1.54, 1.807) is 31.1 Å². The van der Waals surface area contributed by atoms with Crippen LogP contribution < -0.4 is 19.7 Å². The first-order valence-corrected chi connectivity index (χ1v) is 9.16. The van der Waals surface area contributed by atoms with Crippen molar-refractivity contribution in [1.29, 1.82) is 0 Å². The summed E-state index contributed by atoms with van der Waals surface area (Å²) in [6.45, 7) is 4.05. The molecule has 2 aromatic rings. The molecule has 1 aliphatic heterocycles. The summed E-state index contributed by atoms with van der Waals surface area (Å²) in [5.74, 6) is 0.849. The summed E-state index contributed by atoms with van der Waals surface area (Å²) in [4.78, 5) is 25.6. The fourth-order valence-electron chi connectivity index (χ4n) is 3.25. The van der Waals surface area contributed by atoms with E-state index in [0.717, 1.165) is 23.2 Å². The maximum Gasteiger partial charge on any atom is 0.262 e. The lowest BCUT2D eigenvalue weighted by molar-refractivity contribution is -0.118. The Bertz CT molecular complexity index is 921. The predicted octanol–water partition coefficient (Wildman–Crippen LogP) is 3.65. The van der Waals surface area contributed by atoms with Crippen LogP contribution in [-0.4, -0.2) is 32.1 Å². The summed E-state index contributed by atoms with van der Waals surface area (Å²) in [6, 6.07) is 11.1. The number of rotatable bonds is 6. The Morgan fingerprint density at radius 2 is 2.00 bits per heavy atom. The highest BCUT2D eigenvalue weighted by Gasteiger charge is 2.22. The lowest BCUT2D eigenvalue weighted by atomic mass is 10.1. The van der Waals surface area contributed by atoms with Crippen molar-refractivity contribution in [3.8, 4) is 11.5 Å². The van der Waals surface area contributed by atoms with Crippen LogP contribution in [0.4, 0.5) is 11.4 Å². The van der Waals surface area contributed by atoms with Crippen molar-refractivity contribution in [3.63, 3.8) is 0 Å². The number of allylic oxidation sites excluding steroid dienone is 1. The Kier molecular flexibility index (Phi) is 5.99. The number of amides is 2. The molecule has 6 nitrogen and oxygen atoms in total. The van der Waals surface area contributed by atoms with Crippen LogP contribution >= 0.6 is 0 Å². The number of carbonyl (C=O) groups excluding carboxylic acids is 2. The highest BCUT2D eigenvalue weighted by Crippen LogP contribution is 2.31. The van der Waals surface area contributed by atoms with Crippen molar-refractivity contribution in [2.75, 3.05) is 30.5 Å². The van der Waals surface area contributed by atoms with E-state index in [1.165, 1.54) is 0 Å². The van der Waals surface area contributed by atoms with Gasteiger partial charge in [0.25, 0.3) is 5.91 Å². The Morgan fingerprint density at radius 1 is 1.18 bits per heavy atom. The van der Waals surface area contributed by atoms with Gasteiger partial charge in [0.15, 0.2) is 18.1 Å². The number of nitrogens with one attached hydrogen (secondary N) is 1. The van der Waals surface area contributed by atoms with E-state index in [-0.39, 0.29) is 18.4 Å². The van der Waals surface area contributed by atoms with E-state index in [1.807, 2.05) is 43.3 Å². The van der Waals surface area contributed by atoms with Crippen molar-refractivity contribution in [2.45, 2.75) is 20.3 Å². The lowest BCUT2D eigenvalue weighted by Crippen LogP contribution is -2.25. The van der Waals surface area contributed by atoms with E-state index in [0.29, 0.717) is 23.7 Å². The maximum absolute atomic E-state index is 12.3. The molecule has 2 amide bonds. The van der Waals surface area contributed by atoms with E-state index in [9.17, 15) is 9.59 Å². The van der Waals surface area contributed by atoms with Crippen LogP contribution in [0.5, 0.6) is 11.5 Å². The molecule has 0 saturated carbocycles. The number of carbonyl (C=O) groups is 2. The number of ether oxygens (including phenoxy) is 2. The number of methoxy groups -OCH3 is 1. The second kappa shape index (κ2) is 8.61. The first-order valence-electron chi connectivity index (χ1n) is 9.16. The molecule has 0 bridgehead atoms. The predicted molar refractivity (Wildman–Crippen MR) is 110 cm³/mol. The summed E-state index contributed by atoms with van der Waals surface area (Å²) in [5, 5.41) is 2.84. The van der Waals surface area contributed by atoms with Crippen LogP contribution in [0.25, 0.3) is 6.08 Å². The number of nitrogens with zero attached hydrogens (tertiary/aromatic N) is 1. The van der Waals surface area contributed by atoms with Gasteiger partial charge in [0.1, 0.15) is 0 Å². The molecule has 0 unspecified atom stereocenters. The minimum Gasteiger partial charge on any atom is -0.493 e. The van der Waals surface area contributed by atoms with Gasteiger partial charge in [-0.15, -0.1) is 0 Å². The van der Waals surface area contributed by atoms with Gasteiger partial charge in [0, 0.05) is 24.8 Å². The van der Waals surface area contributed by atoms with E-state index in [4.69, 9.17) is 9.47 Å². The van der Waals surface area contributed by atoms with Crippen LogP contribution in [-0.2, 0) is 16.0 Å². The van der Waals surface area contributed by atoms with Gasteiger partial charge >= 0.3 is 0 Å². The van der Waals surface area contributed by atoms with Gasteiger partial charge < -0.3 is 19.7 Å². The normalized spacial score (nSPS) is 12.8. The van der Waals surface area contributed by atoms with Gasteiger partial charge in [-0.1, -0.05) is 18.2 Å². The highest BCUT2D eigenvalue weighted by molar-refractivity contribution is 5.96. The average molecular weight is 380 g/mol. The molecule has 0 radical (unpaired) electrons. The number of anilines is 2. The Morgan fingerprint density at radius 3 is 2.71 bits per heavy atom. The molecular weight excluding hydrogens is 356 g/mol. The lowest BCUT2D eigenvalue weighted by Gasteiger charge is -2.15. The molecule has 0 saturated heterocycles. The van der Waals surface area contributed by atoms with Crippen molar-refractivity contribution < 1.29 is 19.1 Å². The van der Waals surface area contributed by atoms with Crippen molar-refractivity contribution in [3.05, 3.63) is 53.6 Å². The van der Waals surface area contributed by atoms with Gasteiger partial charge in [-0.25, -0.2) is 0 Å². The first kappa shape index (κ1) is 19.5. The molecule has 0 aromatic heterocycles. The van der Waals surface area contributed by atoms with Crippen LogP contribution in [0, 0.1) is 0 Å². The zero-order chi connectivity index (χ0) is 20.1. The molecule has 0 aliphatic carbocycles. The second-order valence-electron chi connectivity index (χ2n) is 6.51. The Balaban J connectivity index is 1.62. The van der Waals surface area contributed by atoms with Gasteiger partial charge in [0.05, 0.1) is 7.11 Å². The second-order valence-corrected chi connectivity index (χ2v) is 6.51. The van der Waals surface area contributed by atoms with Crippen molar-refractivity contribution in [2.24, 2.45) is 0 Å². The minimum atomic E-state index is -0.263. The van der Waals surface area contributed by atoms with Gasteiger partial charge in [-0.2, -0.15) is 0 Å². The summed E-state index contributed by atoms with van der Waals surface area (Å²) in [7, 11) is 1.57. The van der Waals surface area contributed by atoms with E-state index in [2.05, 4.69) is 5.32 Å². The molecule has 1 aliphatic rings. The quantitative estimate of drug-likeness (QED) is 0.831. The molecule has 0 fully saturated rings. The first-order chi connectivity index (χ1) is 13.5. The molecular formula is C22H24N2O4. The molecule has 1 N–H and O–H groups in total. The molecule has 2 aromatic carbocycles. The third kappa shape index (κ3) is 4.34. The van der Waals surface area contributed by atoms with Crippen molar-refractivity contribution in [1.82, 2.24) is 0 Å². The van der Waals surface area contributed by atoms with Crippen LogP contribution in [0.2, 0.25) is 0 Å². The molecule has 146 valence electrons. The fourth-order valence-corrected chi connectivity index (χ4v) is 3.25. The van der Waals surface area contributed by atoms with Crippen LogP contribution in [0.1, 0.15) is 25.0 Å². The third-order valence-electron chi connectivity index (χ3n) is 4.54. The average Bonchev–Trinajstić information content (AvgIpc) is 3.10. The SMILES string of the molecule is C/C=C/c1ccc(OCC(=O)Nc2ccc3c(c2)CCN3C(C)=O)c(OC)c1. The molecule has 3 rings (SSSR count). The number of hydrogen-bond acceptors (Lipinski definition) is 4. The fraction of sp³-hybridized carbons (Fsp3) is 0.273. The zero-order valence-corrected chi connectivity index (χ0v) is 16.3. The summed E-state index contributed by atoms with van der Waals surface area (Å²) >= 11 is 0. The molecule has 0 atom stereocenters. The van der Waals surface area contributed by atoms with Gasteiger partial charge in [-0.3, -0.25) is 9.59 Å². The summed E-state index contributed by atoms with van der Waals surface area (Å²) in [5.41, 5.74) is 3.64. The van der Waals surface area contributed by atoms with Gasteiger partial charge in [-0.05, 0) is 54.8 Å². The van der Waals surface area contributed by atoms with E-state index < -0.39 is 0 Å². The highest BCUT2D eigenvalue weighted by atomic mass is 16.5. The van der Waals surface area contributed by atoms with Gasteiger partial charge in [0.2, 0.25) is 5.91 Å². The minimum absolute atomic E-state index is 0.0262. The topological polar surface area (TPSA) is 67.9 Å². The molecule has 6 heteroatoms. The number of fused-ring (bicyclic) bond motifs is 1. The molecule has 0 spiro atoms. The Labute approximate surface area is 164 Å². The summed E-state index contributed by atoms with van der Waals surface area (Å²) in [6.07, 6.45) is 4.68. The van der Waals surface area contributed by atoms with E-state index >= 15 is 0 Å². The Hall–Kier alpha value is -3.28. The smallest absolute Gasteiger partial charge is 0.262 e. The molecule has 28 heavy (non-hydrogen) atoms. The maximum atomic E-state index is 12.3. The standard InChI is InChI=1S/C22H24N2O4/c1-4-5-16-6-9-20(21(12-16)27-3)28-14-22(26)23-18-7-8-19-17(13-18)10-11-24(19)15(2)25/h4-9,12-13H,10-11,14H2,1-3H3,(H,23,26)/b5-4+. The molecule has 1 heterocycles. The number of benzene rings is 2. The summed E-state index contributed by atoms with van der Waals surface area (Å²) < 4.78 is 11.0. The number of hydrogen-bond donors (Lipinski definition) is 1.